The molecule has 0 radical (unpaired) electrons. The van der Waals surface area contributed by atoms with E-state index in [4.69, 9.17) is 25.1 Å². The van der Waals surface area contributed by atoms with Crippen LogP contribution in [0.3, 0.4) is 0 Å². The molecule has 1 heterocycles. The number of carbonyl (C=O) groups is 3. The molecule has 196 valence electrons. The maximum atomic E-state index is 13.2. The SMILES string of the molecule is [2H]C([2H])([2H])N1/C(=N\C(=O)OCc2ccccc2)NC(=O)CCCC/C=C\CCCC(C)OC(=O)C1N=C(N)N. The third kappa shape index (κ3) is 10.6. The molecule has 0 aromatic heterocycles. The average molecular weight is 504 g/mol. The molecule has 0 saturated heterocycles. The van der Waals surface area contributed by atoms with E-state index in [0.717, 1.165) is 19.3 Å². The van der Waals surface area contributed by atoms with Crippen LogP contribution in [0.25, 0.3) is 0 Å². The van der Waals surface area contributed by atoms with Crippen LogP contribution in [0.2, 0.25) is 0 Å². The zero-order chi connectivity index (χ0) is 28.8. The van der Waals surface area contributed by atoms with Crippen molar-refractivity contribution in [3.05, 3.63) is 48.0 Å². The molecule has 0 bridgehead atoms. The Bertz CT molecular complexity index is 1060. The van der Waals surface area contributed by atoms with Crippen molar-refractivity contribution in [1.29, 1.82) is 0 Å². The summed E-state index contributed by atoms with van der Waals surface area (Å²) in [5.74, 6) is -3.13. The minimum Gasteiger partial charge on any atom is -0.460 e. The molecular formula is C25H36N6O5. The Morgan fingerprint density at radius 3 is 2.61 bits per heavy atom. The van der Waals surface area contributed by atoms with E-state index in [0.29, 0.717) is 29.7 Å². The Hall–Kier alpha value is -3.89. The van der Waals surface area contributed by atoms with Crippen LogP contribution >= 0.6 is 0 Å². The first-order chi connectivity index (χ1) is 18.5. The number of nitrogens with two attached hydrogens (primary N) is 2. The normalized spacial score (nSPS) is 24.2. The van der Waals surface area contributed by atoms with Crippen LogP contribution in [-0.2, 0) is 25.7 Å². The van der Waals surface area contributed by atoms with Crippen molar-refractivity contribution in [3.63, 3.8) is 0 Å². The molecule has 2 amide bonds. The number of hydrogen-bond donors (Lipinski definition) is 3. The predicted octanol–water partition coefficient (Wildman–Crippen LogP) is 2.56. The molecule has 11 nitrogen and oxygen atoms in total. The molecule has 0 saturated carbocycles. The molecule has 1 aromatic rings. The van der Waals surface area contributed by atoms with Crippen molar-refractivity contribution >= 4 is 29.9 Å². The van der Waals surface area contributed by atoms with Gasteiger partial charge < -0.3 is 25.8 Å². The predicted molar refractivity (Wildman–Crippen MR) is 137 cm³/mol. The molecule has 0 spiro atoms. The Morgan fingerprint density at radius 1 is 1.19 bits per heavy atom. The lowest BCUT2D eigenvalue weighted by atomic mass is 10.1. The van der Waals surface area contributed by atoms with E-state index in [9.17, 15) is 14.4 Å². The van der Waals surface area contributed by atoms with Crippen molar-refractivity contribution in [2.45, 2.75) is 70.7 Å². The van der Waals surface area contributed by atoms with Gasteiger partial charge in [-0.25, -0.2) is 14.6 Å². The highest BCUT2D eigenvalue weighted by atomic mass is 16.6. The fraction of sp³-hybridized carbons (Fsp3) is 0.480. The number of aliphatic imine (C=N–C) groups is 2. The van der Waals surface area contributed by atoms with Crippen LogP contribution in [0.5, 0.6) is 0 Å². The summed E-state index contributed by atoms with van der Waals surface area (Å²) in [5.41, 5.74) is 11.7. The molecule has 2 unspecified atom stereocenters. The lowest BCUT2D eigenvalue weighted by Crippen LogP contribution is -2.51. The summed E-state index contributed by atoms with van der Waals surface area (Å²) >= 11 is 0. The first-order valence-electron chi connectivity index (χ1n) is 13.3. The Morgan fingerprint density at radius 2 is 1.92 bits per heavy atom. The number of nitrogens with zero attached hydrogens (tertiary/aromatic N) is 3. The summed E-state index contributed by atoms with van der Waals surface area (Å²) in [4.78, 5) is 46.4. The van der Waals surface area contributed by atoms with E-state index in [-0.39, 0.29) is 13.0 Å². The second-order valence-electron chi connectivity index (χ2n) is 8.22. The molecule has 36 heavy (non-hydrogen) atoms. The number of esters is 1. The summed E-state index contributed by atoms with van der Waals surface area (Å²) in [6.45, 7) is -1.66. The highest BCUT2D eigenvalue weighted by Gasteiger charge is 2.30. The van der Waals surface area contributed by atoms with Gasteiger partial charge in [-0.05, 0) is 51.0 Å². The minimum absolute atomic E-state index is 0.00913. The van der Waals surface area contributed by atoms with Crippen molar-refractivity contribution in [2.24, 2.45) is 21.5 Å². The molecule has 5 N–H and O–H groups in total. The van der Waals surface area contributed by atoms with E-state index in [1.807, 2.05) is 12.2 Å². The molecule has 1 aliphatic heterocycles. The number of ether oxygens (including phenoxy) is 2. The number of hydrogen-bond acceptors (Lipinski definition) is 6. The van der Waals surface area contributed by atoms with Gasteiger partial charge >= 0.3 is 12.1 Å². The number of allylic oxidation sites excluding steroid dienone is 2. The van der Waals surface area contributed by atoms with Crippen LogP contribution in [-0.4, -0.2) is 54.0 Å². The smallest absolute Gasteiger partial charge is 0.437 e. The quantitative estimate of drug-likeness (QED) is 0.245. The summed E-state index contributed by atoms with van der Waals surface area (Å²) in [6.07, 6.45) is 4.23. The lowest BCUT2D eigenvalue weighted by molar-refractivity contribution is -0.153. The van der Waals surface area contributed by atoms with Crippen molar-refractivity contribution < 1.29 is 28.0 Å². The maximum Gasteiger partial charge on any atom is 0.437 e. The number of likely N-dealkylation sites (N-methyl/N-ethyl adjacent to an activating group) is 1. The Kier molecular flexibility index (Phi) is 10.0. The zero-order valence-electron chi connectivity index (χ0n) is 23.4. The van der Waals surface area contributed by atoms with E-state index in [1.54, 1.807) is 37.3 Å². The molecule has 0 fully saturated rings. The summed E-state index contributed by atoms with van der Waals surface area (Å²) in [5, 5.41) is 2.33. The van der Waals surface area contributed by atoms with E-state index in [1.165, 1.54) is 0 Å². The second-order valence-corrected chi connectivity index (χ2v) is 8.22. The third-order valence-corrected chi connectivity index (χ3v) is 5.10. The van der Waals surface area contributed by atoms with Gasteiger partial charge in [-0.1, -0.05) is 42.5 Å². The molecule has 1 aliphatic rings. The van der Waals surface area contributed by atoms with Gasteiger partial charge in [-0.15, -0.1) is 4.99 Å². The number of rotatable bonds is 3. The summed E-state index contributed by atoms with van der Waals surface area (Å²) in [6, 6.07) is 8.71. The second kappa shape index (κ2) is 15.2. The summed E-state index contributed by atoms with van der Waals surface area (Å²) in [7, 11) is 0. The fourth-order valence-corrected chi connectivity index (χ4v) is 3.26. The van der Waals surface area contributed by atoms with Crippen LogP contribution in [0, 0.1) is 0 Å². The van der Waals surface area contributed by atoms with E-state index in [2.05, 4.69) is 15.3 Å². The Labute approximate surface area is 215 Å². The average Bonchev–Trinajstić information content (AvgIpc) is 2.85. The topological polar surface area (TPSA) is 162 Å². The van der Waals surface area contributed by atoms with Crippen molar-refractivity contribution in [3.8, 4) is 0 Å². The van der Waals surface area contributed by atoms with Crippen LogP contribution in [0.15, 0.2) is 52.5 Å². The number of amides is 2. The number of guanidine groups is 2. The number of nitrogens with one attached hydrogen (secondary N) is 1. The zero-order valence-corrected chi connectivity index (χ0v) is 20.4. The summed E-state index contributed by atoms with van der Waals surface area (Å²) < 4.78 is 34.9. The molecule has 2 rings (SSSR count). The van der Waals surface area contributed by atoms with Crippen LogP contribution < -0.4 is 16.8 Å². The number of carbonyl (C=O) groups excluding carboxylic acids is 3. The largest absolute Gasteiger partial charge is 0.460 e. The highest BCUT2D eigenvalue weighted by Crippen LogP contribution is 2.12. The highest BCUT2D eigenvalue weighted by molar-refractivity contribution is 6.02. The maximum absolute atomic E-state index is 13.2. The number of cyclic esters (lactones) is 1. The van der Waals surface area contributed by atoms with Crippen LogP contribution in [0.4, 0.5) is 4.79 Å². The Balaban J connectivity index is 2.49. The molecule has 2 atom stereocenters. The molecule has 11 heteroatoms. The monoisotopic (exact) mass is 503 g/mol. The van der Waals surface area contributed by atoms with Gasteiger partial charge in [0.2, 0.25) is 18.0 Å². The van der Waals surface area contributed by atoms with Crippen molar-refractivity contribution in [2.75, 3.05) is 6.98 Å². The van der Waals surface area contributed by atoms with Crippen molar-refractivity contribution in [1.82, 2.24) is 10.2 Å². The van der Waals surface area contributed by atoms with Gasteiger partial charge in [0, 0.05) is 17.5 Å². The minimum atomic E-state index is -3.15. The van der Waals surface area contributed by atoms with Crippen LogP contribution in [0.1, 0.15) is 61.5 Å². The first kappa shape index (κ1) is 23.8. The fourth-order valence-electron chi connectivity index (χ4n) is 3.26. The molecular weight excluding hydrogens is 464 g/mol. The third-order valence-electron chi connectivity index (χ3n) is 5.10. The van der Waals surface area contributed by atoms with Gasteiger partial charge in [0.1, 0.15) is 6.61 Å². The first-order valence-corrected chi connectivity index (χ1v) is 11.8. The van der Waals surface area contributed by atoms with Gasteiger partial charge in [0.25, 0.3) is 0 Å². The van der Waals surface area contributed by atoms with Gasteiger partial charge in [-0.3, -0.25) is 10.1 Å². The molecule has 1 aromatic carbocycles. The van der Waals surface area contributed by atoms with E-state index >= 15 is 0 Å². The lowest BCUT2D eigenvalue weighted by Gasteiger charge is -2.27. The van der Waals surface area contributed by atoms with Gasteiger partial charge in [0.05, 0.1) is 6.10 Å². The standard InChI is InChI=1S/C25H36N6O5/c1-18-13-9-6-4-3-5-7-12-16-20(32)28-24(31(2)21(22(33)36-18)29-23(26)27)30-25(34)35-17-19-14-10-8-11-15-19/h3-4,8,10-11,14-15,18,21H,5-7,9,12-13,16-17H2,1-2H3,(H4,26,27,29)(H,28,30,32,34)/b4-3-/i2D3. The molecule has 0 aliphatic carbocycles. The van der Waals surface area contributed by atoms with Gasteiger partial charge in [0.15, 0.2) is 5.96 Å². The number of benzene rings is 1. The van der Waals surface area contributed by atoms with E-state index < -0.39 is 49.1 Å². The van der Waals surface area contributed by atoms with Gasteiger partial charge in [-0.2, -0.15) is 0 Å².